The van der Waals surface area contributed by atoms with Crippen molar-refractivity contribution in [3.63, 3.8) is 0 Å². The smallest absolute Gasteiger partial charge is 0.296 e. The topological polar surface area (TPSA) is 98.8 Å². The van der Waals surface area contributed by atoms with E-state index in [4.69, 9.17) is 4.74 Å². The van der Waals surface area contributed by atoms with Gasteiger partial charge in [-0.25, -0.2) is 0 Å². The molecule has 8 nitrogen and oxygen atoms in total. The second-order valence-corrected chi connectivity index (χ2v) is 4.66. The third-order valence-electron chi connectivity index (χ3n) is 2.89. The predicted molar refractivity (Wildman–Crippen MR) is 80.6 cm³/mol. The van der Waals surface area contributed by atoms with E-state index in [1.165, 1.54) is 24.3 Å². The first kappa shape index (κ1) is 15.2. The fourth-order valence-electron chi connectivity index (χ4n) is 1.89. The molecular weight excluding hydrogens is 290 g/mol. The van der Waals surface area contributed by atoms with E-state index in [2.05, 4.69) is 0 Å². The summed E-state index contributed by atoms with van der Waals surface area (Å²) >= 11 is 0. The van der Waals surface area contributed by atoms with Gasteiger partial charge < -0.3 is 9.64 Å². The van der Waals surface area contributed by atoms with Crippen LogP contribution in [0.5, 0.6) is 11.5 Å². The van der Waals surface area contributed by atoms with E-state index >= 15 is 0 Å². The quantitative estimate of drug-likeness (QED) is 0.620. The van der Waals surface area contributed by atoms with Gasteiger partial charge in [0, 0.05) is 20.2 Å². The molecular formula is C14H13N3O5. The van der Waals surface area contributed by atoms with Crippen molar-refractivity contribution >= 4 is 17.1 Å². The minimum Gasteiger partial charge on any atom is -0.457 e. The minimum absolute atomic E-state index is 0.104. The first-order valence-corrected chi connectivity index (χ1v) is 6.26. The fraction of sp³-hybridized carbons (Fsp3) is 0.143. The molecule has 0 unspecified atom stereocenters. The maximum atomic E-state index is 11.1. The molecule has 0 aliphatic carbocycles. The molecule has 0 aromatic heterocycles. The Morgan fingerprint density at radius 2 is 1.64 bits per heavy atom. The van der Waals surface area contributed by atoms with Gasteiger partial charge in [0.05, 0.1) is 22.0 Å². The van der Waals surface area contributed by atoms with Crippen LogP contribution >= 0.6 is 0 Å². The maximum Gasteiger partial charge on any atom is 0.296 e. The van der Waals surface area contributed by atoms with Crippen LogP contribution in [0.3, 0.4) is 0 Å². The van der Waals surface area contributed by atoms with Gasteiger partial charge >= 0.3 is 0 Å². The van der Waals surface area contributed by atoms with Crippen LogP contribution in [-0.4, -0.2) is 23.9 Å². The van der Waals surface area contributed by atoms with Gasteiger partial charge in [0.1, 0.15) is 17.2 Å². The summed E-state index contributed by atoms with van der Waals surface area (Å²) in [6, 6.07) is 10.0. The number of ether oxygens (including phenoxy) is 1. The largest absolute Gasteiger partial charge is 0.457 e. The van der Waals surface area contributed by atoms with Gasteiger partial charge in [0.25, 0.3) is 11.4 Å². The third kappa shape index (κ3) is 3.29. The Morgan fingerprint density at radius 3 is 2.23 bits per heavy atom. The first-order valence-electron chi connectivity index (χ1n) is 6.26. The van der Waals surface area contributed by atoms with E-state index in [0.29, 0.717) is 5.69 Å². The van der Waals surface area contributed by atoms with E-state index in [-0.39, 0.29) is 22.9 Å². The van der Waals surface area contributed by atoms with Crippen LogP contribution in [0.2, 0.25) is 0 Å². The molecule has 0 fully saturated rings. The molecule has 114 valence electrons. The Bertz CT molecular complexity index is 730. The number of hydrogen-bond donors (Lipinski definition) is 0. The van der Waals surface area contributed by atoms with Crippen LogP contribution in [0.25, 0.3) is 0 Å². The van der Waals surface area contributed by atoms with Crippen molar-refractivity contribution < 1.29 is 14.6 Å². The van der Waals surface area contributed by atoms with Crippen molar-refractivity contribution in [1.82, 2.24) is 0 Å². The average Bonchev–Trinajstić information content (AvgIpc) is 2.47. The Kier molecular flexibility index (Phi) is 4.21. The summed E-state index contributed by atoms with van der Waals surface area (Å²) in [5.74, 6) is 0.471. The molecule has 0 spiro atoms. The van der Waals surface area contributed by atoms with Crippen molar-refractivity contribution in [3.05, 3.63) is 62.7 Å². The molecule has 22 heavy (non-hydrogen) atoms. The van der Waals surface area contributed by atoms with E-state index in [1.54, 1.807) is 37.2 Å². The van der Waals surface area contributed by atoms with Gasteiger partial charge in [-0.2, -0.15) is 0 Å². The second kappa shape index (κ2) is 6.08. The molecule has 0 bridgehead atoms. The normalized spacial score (nSPS) is 10.1. The van der Waals surface area contributed by atoms with Gasteiger partial charge in [0.2, 0.25) is 0 Å². The standard InChI is InChI=1S/C14H13N3O5/c1-15(2)13-7-6-12(9-14(13)17(20)21)22-11-5-3-4-10(8-11)16(18)19/h3-9H,1-2H3. The zero-order chi connectivity index (χ0) is 16.3. The number of nitrogens with zero attached hydrogens (tertiary/aromatic N) is 3. The highest BCUT2D eigenvalue weighted by Gasteiger charge is 2.17. The number of non-ortho nitro benzene ring substituents is 1. The van der Waals surface area contributed by atoms with Crippen molar-refractivity contribution in [3.8, 4) is 11.5 Å². The van der Waals surface area contributed by atoms with Crippen molar-refractivity contribution in [2.45, 2.75) is 0 Å². The molecule has 0 aliphatic heterocycles. The van der Waals surface area contributed by atoms with Crippen molar-refractivity contribution in [2.24, 2.45) is 0 Å². The minimum atomic E-state index is -0.537. The zero-order valence-electron chi connectivity index (χ0n) is 11.9. The lowest BCUT2D eigenvalue weighted by Gasteiger charge is -2.13. The predicted octanol–water partition coefficient (Wildman–Crippen LogP) is 3.36. The number of hydrogen-bond acceptors (Lipinski definition) is 6. The lowest BCUT2D eigenvalue weighted by molar-refractivity contribution is -0.384. The Balaban J connectivity index is 2.34. The Morgan fingerprint density at radius 1 is 0.955 bits per heavy atom. The molecule has 0 saturated heterocycles. The molecule has 0 atom stereocenters. The van der Waals surface area contributed by atoms with Gasteiger partial charge in [-0.3, -0.25) is 20.2 Å². The van der Waals surface area contributed by atoms with Gasteiger partial charge in [-0.1, -0.05) is 6.07 Å². The first-order chi connectivity index (χ1) is 10.4. The molecule has 0 heterocycles. The molecule has 2 aromatic rings. The number of nitro groups is 2. The number of benzene rings is 2. The second-order valence-electron chi connectivity index (χ2n) is 4.66. The van der Waals surface area contributed by atoms with Gasteiger partial charge in [0.15, 0.2) is 0 Å². The van der Waals surface area contributed by atoms with Crippen molar-refractivity contribution in [2.75, 3.05) is 19.0 Å². The molecule has 0 N–H and O–H groups in total. The number of anilines is 1. The van der Waals surface area contributed by atoms with E-state index in [1.807, 2.05) is 0 Å². The van der Waals surface area contributed by atoms with Crippen LogP contribution in [0, 0.1) is 20.2 Å². The SMILES string of the molecule is CN(C)c1ccc(Oc2cccc([N+](=O)[O-])c2)cc1[N+](=O)[O-]. The molecule has 8 heteroatoms. The molecule has 2 aromatic carbocycles. The summed E-state index contributed by atoms with van der Waals surface area (Å²) in [4.78, 5) is 22.4. The average molecular weight is 303 g/mol. The van der Waals surface area contributed by atoms with E-state index in [0.717, 1.165) is 0 Å². The van der Waals surface area contributed by atoms with Crippen LogP contribution < -0.4 is 9.64 Å². The summed E-state index contributed by atoms with van der Waals surface area (Å²) in [5, 5.41) is 21.8. The summed E-state index contributed by atoms with van der Waals surface area (Å²) < 4.78 is 5.47. The molecule has 0 amide bonds. The lowest BCUT2D eigenvalue weighted by Crippen LogP contribution is -2.10. The molecule has 0 saturated carbocycles. The fourth-order valence-corrected chi connectivity index (χ4v) is 1.89. The summed E-state index contributed by atoms with van der Waals surface area (Å²) in [6.45, 7) is 0. The van der Waals surface area contributed by atoms with Crippen LogP contribution in [0.4, 0.5) is 17.1 Å². The zero-order valence-corrected chi connectivity index (χ0v) is 11.9. The highest BCUT2D eigenvalue weighted by molar-refractivity contribution is 5.65. The van der Waals surface area contributed by atoms with Crippen molar-refractivity contribution in [1.29, 1.82) is 0 Å². The van der Waals surface area contributed by atoms with Crippen LogP contribution in [-0.2, 0) is 0 Å². The summed E-state index contributed by atoms with van der Waals surface area (Å²) in [5.41, 5.74) is 0.223. The Hall–Kier alpha value is -3.16. The maximum absolute atomic E-state index is 11.1. The highest BCUT2D eigenvalue weighted by atomic mass is 16.6. The van der Waals surface area contributed by atoms with E-state index in [9.17, 15) is 20.2 Å². The van der Waals surface area contributed by atoms with Gasteiger partial charge in [-0.15, -0.1) is 0 Å². The number of rotatable bonds is 5. The van der Waals surface area contributed by atoms with Crippen LogP contribution in [0.15, 0.2) is 42.5 Å². The highest BCUT2D eigenvalue weighted by Crippen LogP contribution is 2.33. The lowest BCUT2D eigenvalue weighted by atomic mass is 10.2. The van der Waals surface area contributed by atoms with Crippen LogP contribution in [0.1, 0.15) is 0 Å². The summed E-state index contributed by atoms with van der Waals surface area (Å²) in [7, 11) is 3.40. The summed E-state index contributed by atoms with van der Waals surface area (Å²) in [6.07, 6.45) is 0. The monoisotopic (exact) mass is 303 g/mol. The van der Waals surface area contributed by atoms with E-state index < -0.39 is 9.85 Å². The Labute approximate surface area is 125 Å². The number of nitro benzene ring substituents is 2. The third-order valence-corrected chi connectivity index (χ3v) is 2.89. The molecule has 2 rings (SSSR count). The molecule has 0 radical (unpaired) electrons. The van der Waals surface area contributed by atoms with Gasteiger partial charge in [-0.05, 0) is 18.2 Å². The molecule has 0 aliphatic rings.